The van der Waals surface area contributed by atoms with Crippen LogP contribution in [0.5, 0.6) is 0 Å². The number of hydrogen-bond acceptors (Lipinski definition) is 4. The van der Waals surface area contributed by atoms with Crippen molar-refractivity contribution in [2.45, 2.75) is 6.42 Å². The summed E-state index contributed by atoms with van der Waals surface area (Å²) in [6, 6.07) is 13.8. The lowest BCUT2D eigenvalue weighted by Crippen LogP contribution is -2.31. The zero-order valence-electron chi connectivity index (χ0n) is 13.9. The van der Waals surface area contributed by atoms with Gasteiger partial charge < -0.3 is 4.74 Å². The van der Waals surface area contributed by atoms with Crippen molar-refractivity contribution in [3.63, 3.8) is 0 Å². The highest BCUT2D eigenvalue weighted by atomic mass is 35.5. The maximum absolute atomic E-state index is 12.2. The number of hydrogen-bond donors (Lipinski definition) is 0. The lowest BCUT2D eigenvalue weighted by Gasteiger charge is -2.13. The number of carbonyl (C=O) groups is 3. The number of nitrogens with zero attached hydrogens (tertiary/aromatic N) is 1. The zero-order valence-corrected chi connectivity index (χ0v) is 14.6. The minimum atomic E-state index is -0.484. The first-order valence-corrected chi connectivity index (χ1v) is 8.49. The largest absolute Gasteiger partial charge is 0.462 e. The summed E-state index contributed by atoms with van der Waals surface area (Å²) in [6.07, 6.45) is 3.33. The Morgan fingerprint density at radius 2 is 1.62 bits per heavy atom. The lowest BCUT2D eigenvalue weighted by atomic mass is 10.1. The second-order valence-electron chi connectivity index (χ2n) is 5.71. The van der Waals surface area contributed by atoms with Gasteiger partial charge in [-0.15, -0.1) is 0 Å². The molecule has 26 heavy (non-hydrogen) atoms. The van der Waals surface area contributed by atoms with Crippen LogP contribution in [0.2, 0.25) is 5.02 Å². The van der Waals surface area contributed by atoms with Gasteiger partial charge in [-0.2, -0.15) is 0 Å². The van der Waals surface area contributed by atoms with Crippen LogP contribution in [0, 0.1) is 0 Å². The van der Waals surface area contributed by atoms with Crippen LogP contribution in [0.1, 0.15) is 32.7 Å². The Hall–Kier alpha value is -2.92. The van der Waals surface area contributed by atoms with Crippen LogP contribution in [0.3, 0.4) is 0 Å². The van der Waals surface area contributed by atoms with Crippen molar-refractivity contribution in [1.29, 1.82) is 0 Å². The van der Waals surface area contributed by atoms with Gasteiger partial charge in [0, 0.05) is 17.6 Å². The third-order valence-electron chi connectivity index (χ3n) is 3.93. The number of halogens is 1. The van der Waals surface area contributed by atoms with Gasteiger partial charge in [-0.3, -0.25) is 14.5 Å². The van der Waals surface area contributed by atoms with E-state index in [1.807, 2.05) is 0 Å². The van der Waals surface area contributed by atoms with Crippen molar-refractivity contribution in [3.05, 3.63) is 76.3 Å². The summed E-state index contributed by atoms with van der Waals surface area (Å²) in [5.41, 5.74) is 1.66. The van der Waals surface area contributed by atoms with Gasteiger partial charge in [0.25, 0.3) is 11.8 Å². The fraction of sp³-hybridized carbons (Fsp3) is 0.150. The molecule has 0 unspecified atom stereocenters. The maximum Gasteiger partial charge on any atom is 0.330 e. The molecule has 0 N–H and O–H groups in total. The molecule has 0 aliphatic carbocycles. The SMILES string of the molecule is O=C(/C=C/c1ccc(Cl)cc1)OCCCN1C(=O)c2ccccc2C1=O. The van der Waals surface area contributed by atoms with Crippen LogP contribution in [-0.2, 0) is 9.53 Å². The average Bonchev–Trinajstić information content (AvgIpc) is 2.89. The summed E-state index contributed by atoms with van der Waals surface area (Å²) < 4.78 is 5.09. The van der Waals surface area contributed by atoms with Crippen LogP contribution in [0.25, 0.3) is 6.08 Å². The summed E-state index contributed by atoms with van der Waals surface area (Å²) in [4.78, 5) is 37.3. The van der Waals surface area contributed by atoms with Crippen LogP contribution in [0.4, 0.5) is 0 Å². The molecular weight excluding hydrogens is 354 g/mol. The van der Waals surface area contributed by atoms with E-state index >= 15 is 0 Å². The first kappa shape index (κ1) is 17.9. The smallest absolute Gasteiger partial charge is 0.330 e. The minimum Gasteiger partial charge on any atom is -0.462 e. The van der Waals surface area contributed by atoms with E-state index in [0.717, 1.165) is 5.56 Å². The van der Waals surface area contributed by atoms with Gasteiger partial charge in [-0.05, 0) is 42.3 Å². The minimum absolute atomic E-state index is 0.122. The number of carbonyl (C=O) groups excluding carboxylic acids is 3. The van der Waals surface area contributed by atoms with Crippen LogP contribution < -0.4 is 0 Å². The fourth-order valence-electron chi connectivity index (χ4n) is 2.62. The Morgan fingerprint density at radius 1 is 1.00 bits per heavy atom. The van der Waals surface area contributed by atoms with Gasteiger partial charge in [0.15, 0.2) is 0 Å². The number of benzene rings is 2. The Kier molecular flexibility index (Phi) is 5.49. The first-order valence-electron chi connectivity index (χ1n) is 8.12. The topological polar surface area (TPSA) is 63.7 Å². The maximum atomic E-state index is 12.2. The van der Waals surface area contributed by atoms with E-state index < -0.39 is 5.97 Å². The Balaban J connectivity index is 1.44. The number of amides is 2. The molecule has 0 saturated carbocycles. The highest BCUT2D eigenvalue weighted by molar-refractivity contribution is 6.30. The molecule has 1 aliphatic rings. The average molecular weight is 370 g/mol. The molecule has 1 aliphatic heterocycles. The summed E-state index contributed by atoms with van der Waals surface area (Å²) in [6.45, 7) is 0.331. The van der Waals surface area contributed by atoms with E-state index in [0.29, 0.717) is 22.6 Å². The molecule has 132 valence electrons. The summed E-state index contributed by atoms with van der Waals surface area (Å²) in [7, 11) is 0. The standard InChI is InChI=1S/C20H16ClNO4/c21-15-9-6-14(7-10-15)8-11-18(23)26-13-3-12-22-19(24)16-4-1-2-5-17(16)20(22)25/h1-2,4-11H,3,12-13H2/b11-8+. The monoisotopic (exact) mass is 369 g/mol. The van der Waals surface area contributed by atoms with Crippen molar-refractivity contribution in [1.82, 2.24) is 4.90 Å². The van der Waals surface area contributed by atoms with Gasteiger partial charge in [0.05, 0.1) is 17.7 Å². The molecule has 2 aromatic rings. The zero-order chi connectivity index (χ0) is 18.5. The third kappa shape index (κ3) is 4.00. The molecule has 3 rings (SSSR count). The second kappa shape index (κ2) is 7.97. The van der Waals surface area contributed by atoms with Gasteiger partial charge in [0.1, 0.15) is 0 Å². The quantitative estimate of drug-likeness (QED) is 0.338. The van der Waals surface area contributed by atoms with E-state index in [2.05, 4.69) is 0 Å². The molecule has 5 nitrogen and oxygen atoms in total. The second-order valence-corrected chi connectivity index (χ2v) is 6.15. The Bertz CT molecular complexity index is 839. The molecule has 0 fully saturated rings. The predicted molar refractivity (Wildman–Crippen MR) is 97.9 cm³/mol. The van der Waals surface area contributed by atoms with Crippen LogP contribution in [0.15, 0.2) is 54.6 Å². The number of rotatable bonds is 6. The van der Waals surface area contributed by atoms with Crippen molar-refractivity contribution >= 4 is 35.5 Å². The van der Waals surface area contributed by atoms with Gasteiger partial charge >= 0.3 is 5.97 Å². The molecule has 0 aromatic heterocycles. The fourth-order valence-corrected chi connectivity index (χ4v) is 2.75. The predicted octanol–water partition coefficient (Wildman–Crippen LogP) is 3.58. The molecule has 0 radical (unpaired) electrons. The van der Waals surface area contributed by atoms with E-state index in [9.17, 15) is 14.4 Å². The molecule has 2 amide bonds. The highest BCUT2D eigenvalue weighted by Crippen LogP contribution is 2.22. The first-order chi connectivity index (χ1) is 12.6. The molecule has 6 heteroatoms. The summed E-state index contributed by atoms with van der Waals surface area (Å²) in [5, 5.41) is 0.623. The molecule has 2 aromatic carbocycles. The molecule has 0 atom stereocenters. The number of fused-ring (bicyclic) bond motifs is 1. The number of ether oxygens (including phenoxy) is 1. The Morgan fingerprint density at radius 3 is 2.23 bits per heavy atom. The molecule has 0 bridgehead atoms. The number of esters is 1. The van der Waals surface area contributed by atoms with Gasteiger partial charge in [-0.25, -0.2) is 4.79 Å². The van der Waals surface area contributed by atoms with Crippen molar-refractivity contribution in [2.24, 2.45) is 0 Å². The summed E-state index contributed by atoms with van der Waals surface area (Å²) >= 11 is 5.80. The van der Waals surface area contributed by atoms with Gasteiger partial charge in [-0.1, -0.05) is 35.9 Å². The highest BCUT2D eigenvalue weighted by Gasteiger charge is 2.34. The van der Waals surface area contributed by atoms with Crippen molar-refractivity contribution < 1.29 is 19.1 Å². The molecular formula is C20H16ClNO4. The molecule has 0 saturated heterocycles. The van der Waals surface area contributed by atoms with E-state index in [1.165, 1.54) is 11.0 Å². The van der Waals surface area contributed by atoms with Crippen molar-refractivity contribution in [3.8, 4) is 0 Å². The summed E-state index contributed by atoms with van der Waals surface area (Å²) in [5.74, 6) is -1.10. The molecule has 1 heterocycles. The van der Waals surface area contributed by atoms with E-state index in [1.54, 1.807) is 54.6 Å². The normalized spacial score (nSPS) is 13.3. The molecule has 0 spiro atoms. The van der Waals surface area contributed by atoms with E-state index in [-0.39, 0.29) is 25.0 Å². The Labute approximate surface area is 155 Å². The van der Waals surface area contributed by atoms with Crippen molar-refractivity contribution in [2.75, 3.05) is 13.2 Å². The van der Waals surface area contributed by atoms with Crippen LogP contribution >= 0.6 is 11.6 Å². The third-order valence-corrected chi connectivity index (χ3v) is 4.18. The number of imide groups is 1. The van der Waals surface area contributed by atoms with Gasteiger partial charge in [0.2, 0.25) is 0 Å². The lowest BCUT2D eigenvalue weighted by molar-refractivity contribution is -0.137. The van der Waals surface area contributed by atoms with Crippen LogP contribution in [-0.4, -0.2) is 35.8 Å². The van der Waals surface area contributed by atoms with E-state index in [4.69, 9.17) is 16.3 Å².